The number of nitrogens with zero attached hydrogens (tertiary/aromatic N) is 6. The van der Waals surface area contributed by atoms with Crippen molar-refractivity contribution in [2.45, 2.75) is 6.54 Å². The molecule has 0 aliphatic carbocycles. The van der Waals surface area contributed by atoms with Crippen LogP contribution in [-0.2, 0) is 6.54 Å². The van der Waals surface area contributed by atoms with Gasteiger partial charge < -0.3 is 14.7 Å². The number of amides is 1. The molecule has 5 rings (SSSR count). The van der Waals surface area contributed by atoms with Crippen molar-refractivity contribution >= 4 is 23.1 Å². The van der Waals surface area contributed by atoms with Crippen LogP contribution < -0.4 is 14.7 Å². The lowest BCUT2D eigenvalue weighted by atomic mass is 10.2. The SMILES string of the molecule is O=C(c1ccnnc1)N(Cc1ccc(N2CCN(c3ccccc3)CC2)nc1)c1ccc(F)cc1. The van der Waals surface area contributed by atoms with Gasteiger partial charge in [0, 0.05) is 43.8 Å². The second-order valence-corrected chi connectivity index (χ2v) is 8.33. The lowest BCUT2D eigenvalue weighted by Gasteiger charge is -2.36. The van der Waals surface area contributed by atoms with Crippen LogP contribution in [0, 0.1) is 5.82 Å². The Balaban J connectivity index is 1.29. The zero-order chi connectivity index (χ0) is 24.0. The lowest BCUT2D eigenvalue weighted by molar-refractivity contribution is 0.0984. The van der Waals surface area contributed by atoms with Gasteiger partial charge >= 0.3 is 0 Å². The third kappa shape index (κ3) is 5.27. The van der Waals surface area contributed by atoms with Crippen molar-refractivity contribution in [3.63, 3.8) is 0 Å². The normalized spacial score (nSPS) is 13.5. The number of piperazine rings is 1. The zero-order valence-electron chi connectivity index (χ0n) is 19.2. The highest BCUT2D eigenvalue weighted by molar-refractivity contribution is 6.05. The number of pyridine rings is 1. The van der Waals surface area contributed by atoms with Crippen molar-refractivity contribution in [3.05, 3.63) is 108 Å². The molecular formula is C27H25FN6O. The van der Waals surface area contributed by atoms with Crippen molar-refractivity contribution in [1.82, 2.24) is 15.2 Å². The molecule has 2 aromatic carbocycles. The van der Waals surface area contributed by atoms with Gasteiger partial charge in [-0.25, -0.2) is 9.37 Å². The van der Waals surface area contributed by atoms with Crippen LogP contribution in [0.1, 0.15) is 15.9 Å². The van der Waals surface area contributed by atoms with E-state index in [9.17, 15) is 9.18 Å². The molecule has 1 fully saturated rings. The van der Waals surface area contributed by atoms with E-state index in [0.29, 0.717) is 17.8 Å². The van der Waals surface area contributed by atoms with Crippen molar-refractivity contribution in [1.29, 1.82) is 0 Å². The van der Waals surface area contributed by atoms with Crippen LogP contribution in [0.25, 0.3) is 0 Å². The number of carbonyl (C=O) groups is 1. The molecule has 1 saturated heterocycles. The van der Waals surface area contributed by atoms with Gasteiger partial charge in [-0.3, -0.25) is 4.79 Å². The molecule has 35 heavy (non-hydrogen) atoms. The molecule has 3 heterocycles. The largest absolute Gasteiger partial charge is 0.368 e. The van der Waals surface area contributed by atoms with Crippen LogP contribution in [0.3, 0.4) is 0 Å². The molecule has 1 aliphatic heterocycles. The van der Waals surface area contributed by atoms with Gasteiger partial charge in [0.1, 0.15) is 11.6 Å². The minimum Gasteiger partial charge on any atom is -0.368 e. The fraction of sp³-hybridized carbons (Fsp3) is 0.185. The molecule has 0 saturated carbocycles. The number of rotatable bonds is 6. The first kappa shape index (κ1) is 22.5. The predicted molar refractivity (Wildman–Crippen MR) is 134 cm³/mol. The topological polar surface area (TPSA) is 65.5 Å². The quantitative estimate of drug-likeness (QED) is 0.423. The Morgan fingerprint density at radius 3 is 2.23 bits per heavy atom. The monoisotopic (exact) mass is 468 g/mol. The van der Waals surface area contributed by atoms with E-state index in [0.717, 1.165) is 37.6 Å². The average Bonchev–Trinajstić information content (AvgIpc) is 2.93. The number of halogens is 1. The summed E-state index contributed by atoms with van der Waals surface area (Å²) >= 11 is 0. The van der Waals surface area contributed by atoms with Crippen LogP contribution in [0.5, 0.6) is 0 Å². The molecule has 0 unspecified atom stereocenters. The molecule has 0 radical (unpaired) electrons. The van der Waals surface area contributed by atoms with E-state index < -0.39 is 0 Å². The van der Waals surface area contributed by atoms with E-state index in [2.05, 4.69) is 49.2 Å². The smallest absolute Gasteiger partial charge is 0.260 e. The predicted octanol–water partition coefficient (Wildman–Crippen LogP) is 4.18. The summed E-state index contributed by atoms with van der Waals surface area (Å²) in [5, 5.41) is 7.56. The summed E-state index contributed by atoms with van der Waals surface area (Å²) in [6, 6.07) is 21.9. The van der Waals surface area contributed by atoms with Gasteiger partial charge in [-0.15, -0.1) is 0 Å². The van der Waals surface area contributed by atoms with Crippen LogP contribution in [0.4, 0.5) is 21.6 Å². The lowest BCUT2D eigenvalue weighted by Crippen LogP contribution is -2.46. The Morgan fingerprint density at radius 1 is 0.829 bits per heavy atom. The number of carbonyl (C=O) groups excluding carboxylic acids is 1. The first-order valence-electron chi connectivity index (χ1n) is 11.5. The third-order valence-electron chi connectivity index (χ3n) is 6.09. The Kier molecular flexibility index (Phi) is 6.61. The van der Waals surface area contributed by atoms with Gasteiger partial charge in [-0.2, -0.15) is 10.2 Å². The van der Waals surface area contributed by atoms with Crippen LogP contribution in [-0.4, -0.2) is 47.3 Å². The minimum atomic E-state index is -0.356. The molecule has 0 spiro atoms. The Bertz CT molecular complexity index is 1240. The number of hydrogen-bond acceptors (Lipinski definition) is 6. The summed E-state index contributed by atoms with van der Waals surface area (Å²) in [5.41, 5.74) is 3.11. The van der Waals surface area contributed by atoms with Crippen molar-refractivity contribution in [2.24, 2.45) is 0 Å². The van der Waals surface area contributed by atoms with Crippen LogP contribution in [0.15, 0.2) is 91.4 Å². The van der Waals surface area contributed by atoms with Crippen LogP contribution in [0.2, 0.25) is 0 Å². The van der Waals surface area contributed by atoms with Gasteiger partial charge in [0.25, 0.3) is 5.91 Å². The third-order valence-corrected chi connectivity index (χ3v) is 6.09. The van der Waals surface area contributed by atoms with E-state index in [1.807, 2.05) is 18.2 Å². The van der Waals surface area contributed by atoms with Gasteiger partial charge in [-0.1, -0.05) is 24.3 Å². The van der Waals surface area contributed by atoms with E-state index in [1.54, 1.807) is 29.3 Å². The standard InChI is InChI=1S/C27H25FN6O/c28-23-7-9-25(10-8-23)34(27(35)22-12-13-30-31-19-22)20-21-6-11-26(29-18-21)33-16-14-32(15-17-33)24-4-2-1-3-5-24/h1-13,18-19H,14-17,20H2. The molecular weight excluding hydrogens is 443 g/mol. The van der Waals surface area contributed by atoms with Gasteiger partial charge in [0.2, 0.25) is 0 Å². The summed E-state index contributed by atoms with van der Waals surface area (Å²) in [7, 11) is 0. The zero-order valence-corrected chi connectivity index (χ0v) is 19.2. The second kappa shape index (κ2) is 10.3. The number of hydrogen-bond donors (Lipinski definition) is 0. The Labute approximate surface area is 203 Å². The van der Waals surface area contributed by atoms with Gasteiger partial charge in [0.15, 0.2) is 0 Å². The highest BCUT2D eigenvalue weighted by Crippen LogP contribution is 2.23. The summed E-state index contributed by atoms with van der Waals surface area (Å²) in [6.07, 6.45) is 4.70. The maximum absolute atomic E-state index is 13.5. The molecule has 4 aromatic rings. The first-order chi connectivity index (χ1) is 17.2. The first-order valence-corrected chi connectivity index (χ1v) is 11.5. The fourth-order valence-electron chi connectivity index (χ4n) is 4.19. The molecule has 0 N–H and O–H groups in total. The molecule has 0 bridgehead atoms. The highest BCUT2D eigenvalue weighted by atomic mass is 19.1. The van der Waals surface area contributed by atoms with Gasteiger partial charge in [0.05, 0.1) is 24.5 Å². The van der Waals surface area contributed by atoms with E-state index in [-0.39, 0.29) is 11.7 Å². The van der Waals surface area contributed by atoms with Gasteiger partial charge in [-0.05, 0) is 54.1 Å². The second-order valence-electron chi connectivity index (χ2n) is 8.33. The number of anilines is 3. The van der Waals surface area contributed by atoms with Crippen molar-refractivity contribution in [2.75, 3.05) is 40.9 Å². The summed E-state index contributed by atoms with van der Waals surface area (Å²) in [6.45, 7) is 3.93. The van der Waals surface area contributed by atoms with Crippen LogP contribution >= 0.6 is 0 Å². The van der Waals surface area contributed by atoms with E-state index >= 15 is 0 Å². The number of aromatic nitrogens is 3. The van der Waals surface area contributed by atoms with E-state index in [1.165, 1.54) is 30.2 Å². The fourth-order valence-corrected chi connectivity index (χ4v) is 4.19. The average molecular weight is 469 g/mol. The van der Waals surface area contributed by atoms with Crippen molar-refractivity contribution < 1.29 is 9.18 Å². The summed E-state index contributed by atoms with van der Waals surface area (Å²) in [5.74, 6) is 0.317. The number of para-hydroxylation sites is 1. The maximum atomic E-state index is 13.5. The molecule has 8 heteroatoms. The Hall–Kier alpha value is -4.33. The molecule has 1 aliphatic rings. The molecule has 1 amide bonds. The maximum Gasteiger partial charge on any atom is 0.260 e. The molecule has 2 aromatic heterocycles. The highest BCUT2D eigenvalue weighted by Gasteiger charge is 2.21. The molecule has 0 atom stereocenters. The summed E-state index contributed by atoms with van der Waals surface area (Å²) in [4.78, 5) is 24.1. The molecule has 176 valence electrons. The minimum absolute atomic E-state index is 0.243. The number of benzene rings is 2. The summed E-state index contributed by atoms with van der Waals surface area (Å²) < 4.78 is 13.5. The van der Waals surface area contributed by atoms with Crippen molar-refractivity contribution in [3.8, 4) is 0 Å². The Morgan fingerprint density at radius 2 is 1.57 bits per heavy atom. The molecule has 7 nitrogen and oxygen atoms in total. The van der Waals surface area contributed by atoms with E-state index in [4.69, 9.17) is 0 Å².